The van der Waals surface area contributed by atoms with E-state index in [0.717, 1.165) is 22.7 Å². The summed E-state index contributed by atoms with van der Waals surface area (Å²) in [6, 6.07) is 5.97. The Morgan fingerprint density at radius 1 is 1.38 bits per heavy atom. The smallest absolute Gasteiger partial charge is 0.256 e. The summed E-state index contributed by atoms with van der Waals surface area (Å²) in [5.74, 6) is -0.817. The second kappa shape index (κ2) is 8.00. The lowest BCUT2D eigenvalue weighted by Crippen LogP contribution is -2.25. The van der Waals surface area contributed by atoms with Crippen molar-refractivity contribution in [1.29, 1.82) is 0 Å². The summed E-state index contributed by atoms with van der Waals surface area (Å²) in [5.41, 5.74) is 2.11. The first-order chi connectivity index (χ1) is 14.0. The Morgan fingerprint density at radius 3 is 3.03 bits per heavy atom. The van der Waals surface area contributed by atoms with Crippen LogP contribution in [0.1, 0.15) is 32.1 Å². The molecule has 0 unspecified atom stereocenters. The van der Waals surface area contributed by atoms with E-state index in [0.29, 0.717) is 28.9 Å². The zero-order valence-electron chi connectivity index (χ0n) is 15.7. The summed E-state index contributed by atoms with van der Waals surface area (Å²) >= 11 is 1.42. The number of nitrogens with zero attached hydrogens (tertiary/aromatic N) is 2. The number of hydrogen-bond acceptors (Lipinski definition) is 4. The highest BCUT2D eigenvalue weighted by molar-refractivity contribution is 7.13. The molecule has 2 N–H and O–H groups in total. The maximum atomic E-state index is 13.6. The number of amides is 2. The first-order valence-corrected chi connectivity index (χ1v) is 10.0. The Morgan fingerprint density at radius 2 is 2.24 bits per heavy atom. The van der Waals surface area contributed by atoms with Gasteiger partial charge >= 0.3 is 0 Å². The van der Waals surface area contributed by atoms with Crippen molar-refractivity contribution in [3.8, 4) is 0 Å². The van der Waals surface area contributed by atoms with Crippen LogP contribution in [-0.4, -0.2) is 27.9 Å². The van der Waals surface area contributed by atoms with Crippen LogP contribution in [0.2, 0.25) is 0 Å². The van der Waals surface area contributed by atoms with Gasteiger partial charge in [0.1, 0.15) is 5.82 Å². The van der Waals surface area contributed by atoms with Gasteiger partial charge in [-0.05, 0) is 43.7 Å². The second-order valence-corrected chi connectivity index (χ2v) is 8.02. The lowest BCUT2D eigenvalue weighted by atomic mass is 10.1. The van der Waals surface area contributed by atoms with Gasteiger partial charge in [-0.1, -0.05) is 0 Å². The fourth-order valence-corrected chi connectivity index (χ4v) is 4.19. The van der Waals surface area contributed by atoms with Gasteiger partial charge in [0.15, 0.2) is 0 Å². The van der Waals surface area contributed by atoms with Crippen molar-refractivity contribution in [1.82, 2.24) is 14.9 Å². The minimum absolute atomic E-state index is 0.142. The molecule has 1 aliphatic heterocycles. The van der Waals surface area contributed by atoms with Crippen LogP contribution in [0.15, 0.2) is 43.0 Å². The number of rotatable bonds is 6. The molecule has 0 aliphatic carbocycles. The van der Waals surface area contributed by atoms with Gasteiger partial charge < -0.3 is 15.2 Å². The zero-order chi connectivity index (χ0) is 20.4. The minimum Gasteiger partial charge on any atom is -0.352 e. The molecule has 0 spiro atoms. The summed E-state index contributed by atoms with van der Waals surface area (Å²) in [7, 11) is 0. The maximum Gasteiger partial charge on any atom is 0.256 e. The van der Waals surface area contributed by atoms with E-state index in [4.69, 9.17) is 0 Å². The van der Waals surface area contributed by atoms with Crippen LogP contribution in [-0.2, 0) is 11.3 Å². The van der Waals surface area contributed by atoms with Crippen LogP contribution in [0.4, 0.5) is 10.1 Å². The third kappa shape index (κ3) is 4.12. The predicted molar refractivity (Wildman–Crippen MR) is 111 cm³/mol. The Labute approximate surface area is 171 Å². The van der Waals surface area contributed by atoms with Gasteiger partial charge in [0.25, 0.3) is 11.8 Å². The lowest BCUT2D eigenvalue weighted by Gasteiger charge is -2.05. The number of fused-ring (bicyclic) bond motifs is 1. The maximum absolute atomic E-state index is 13.6. The van der Waals surface area contributed by atoms with Gasteiger partial charge in [0, 0.05) is 46.5 Å². The molecular formula is C21H19FN4O2S. The van der Waals surface area contributed by atoms with Crippen LogP contribution >= 0.6 is 11.3 Å². The van der Waals surface area contributed by atoms with Crippen LogP contribution in [0.3, 0.4) is 0 Å². The molecular weight excluding hydrogens is 391 g/mol. The third-order valence-corrected chi connectivity index (χ3v) is 5.67. The molecule has 1 aliphatic rings. The van der Waals surface area contributed by atoms with Crippen LogP contribution in [0, 0.1) is 12.7 Å². The summed E-state index contributed by atoms with van der Waals surface area (Å²) < 4.78 is 15.5. The molecule has 3 aromatic rings. The number of aryl methyl sites for hydroxylation is 2. The topological polar surface area (TPSA) is 76.0 Å². The summed E-state index contributed by atoms with van der Waals surface area (Å²) in [4.78, 5) is 30.4. The Balaban J connectivity index is 1.45. The van der Waals surface area contributed by atoms with E-state index < -0.39 is 5.82 Å². The van der Waals surface area contributed by atoms with E-state index in [9.17, 15) is 14.0 Å². The van der Waals surface area contributed by atoms with Gasteiger partial charge in [-0.25, -0.2) is 9.37 Å². The number of halogens is 1. The number of aromatic nitrogens is 2. The number of benzene rings is 1. The number of nitrogens with one attached hydrogen (secondary N) is 2. The Hall–Kier alpha value is -3.26. The van der Waals surface area contributed by atoms with Crippen LogP contribution < -0.4 is 10.6 Å². The van der Waals surface area contributed by atoms with E-state index in [1.807, 2.05) is 17.7 Å². The van der Waals surface area contributed by atoms with Gasteiger partial charge in [0.05, 0.1) is 17.5 Å². The van der Waals surface area contributed by atoms with Crippen molar-refractivity contribution < 1.29 is 14.0 Å². The largest absolute Gasteiger partial charge is 0.352 e. The van der Waals surface area contributed by atoms with Gasteiger partial charge in [-0.3, -0.25) is 9.59 Å². The molecule has 0 saturated heterocycles. The molecule has 4 rings (SSSR count). The Kier molecular flexibility index (Phi) is 5.26. The summed E-state index contributed by atoms with van der Waals surface area (Å²) in [6.07, 6.45) is 7.85. The fraction of sp³-hybridized carbons (Fsp3) is 0.190. The summed E-state index contributed by atoms with van der Waals surface area (Å²) in [6.45, 7) is 3.21. The van der Waals surface area contributed by atoms with Gasteiger partial charge in [-0.2, -0.15) is 0 Å². The first kappa shape index (κ1) is 19.1. The number of thiophene rings is 1. The van der Waals surface area contributed by atoms with Crippen LogP contribution in [0.25, 0.3) is 11.6 Å². The normalized spacial score (nSPS) is 14.1. The van der Waals surface area contributed by atoms with E-state index in [2.05, 4.69) is 15.6 Å². The number of carbonyl (C=O) groups is 2. The molecule has 8 heteroatoms. The molecule has 29 heavy (non-hydrogen) atoms. The monoisotopic (exact) mass is 410 g/mol. The minimum atomic E-state index is -0.399. The van der Waals surface area contributed by atoms with E-state index >= 15 is 0 Å². The Bertz CT molecular complexity index is 1100. The highest BCUT2D eigenvalue weighted by atomic mass is 32.1. The fourth-order valence-electron chi connectivity index (χ4n) is 3.23. The van der Waals surface area contributed by atoms with Crippen molar-refractivity contribution >= 4 is 40.5 Å². The number of carbonyl (C=O) groups excluding carboxylic acids is 2. The van der Waals surface area contributed by atoms with Gasteiger partial charge in [-0.15, -0.1) is 11.3 Å². The highest BCUT2D eigenvalue weighted by Crippen LogP contribution is 2.35. The molecule has 148 valence electrons. The highest BCUT2D eigenvalue weighted by Gasteiger charge is 2.25. The predicted octanol–water partition coefficient (Wildman–Crippen LogP) is 3.70. The van der Waals surface area contributed by atoms with E-state index in [1.165, 1.54) is 23.5 Å². The molecule has 2 aromatic heterocycles. The molecule has 0 radical (unpaired) electrons. The molecule has 6 nitrogen and oxygen atoms in total. The number of imidazole rings is 1. The van der Waals surface area contributed by atoms with E-state index in [-0.39, 0.29) is 11.8 Å². The second-order valence-electron chi connectivity index (χ2n) is 6.73. The molecule has 1 aromatic carbocycles. The SMILES string of the molecule is Cc1sc(/C=C2\C(=O)Nc3ccc(F)cc32)cc1C(=O)NCCCn1ccnc1. The third-order valence-electron chi connectivity index (χ3n) is 4.67. The molecule has 0 saturated carbocycles. The van der Waals surface area contributed by atoms with Crippen molar-refractivity contribution in [2.75, 3.05) is 11.9 Å². The molecule has 0 atom stereocenters. The molecule has 0 bridgehead atoms. The lowest BCUT2D eigenvalue weighted by molar-refractivity contribution is -0.110. The molecule has 0 fully saturated rings. The average Bonchev–Trinajstić information content (AvgIpc) is 3.40. The molecule has 2 amide bonds. The van der Waals surface area contributed by atoms with Crippen molar-refractivity contribution in [3.63, 3.8) is 0 Å². The standard InChI is InChI=1S/C21H19FN4O2S/c1-13-16(20(27)24-5-2-7-26-8-6-23-12-26)10-15(29-13)11-18-17-9-14(22)3-4-19(17)25-21(18)28/h3-4,6,8-12H,2,5,7H2,1H3,(H,24,27)(H,25,28)/b18-11-. The van der Waals surface area contributed by atoms with E-state index in [1.54, 1.807) is 30.7 Å². The first-order valence-electron chi connectivity index (χ1n) is 9.18. The zero-order valence-corrected chi connectivity index (χ0v) is 16.6. The number of anilines is 1. The van der Waals surface area contributed by atoms with Crippen molar-refractivity contribution in [2.45, 2.75) is 19.9 Å². The molecule has 3 heterocycles. The van der Waals surface area contributed by atoms with Crippen LogP contribution in [0.5, 0.6) is 0 Å². The number of hydrogen-bond donors (Lipinski definition) is 2. The van der Waals surface area contributed by atoms with Crippen molar-refractivity contribution in [3.05, 3.63) is 69.7 Å². The average molecular weight is 410 g/mol. The quantitative estimate of drug-likeness (QED) is 0.481. The van der Waals surface area contributed by atoms with Crippen molar-refractivity contribution in [2.24, 2.45) is 0 Å². The summed E-state index contributed by atoms with van der Waals surface area (Å²) in [5, 5.41) is 5.66. The van der Waals surface area contributed by atoms with Gasteiger partial charge in [0.2, 0.25) is 0 Å².